The van der Waals surface area contributed by atoms with Gasteiger partial charge in [0.1, 0.15) is 5.75 Å². The third kappa shape index (κ3) is 3.54. The highest BCUT2D eigenvalue weighted by Crippen LogP contribution is 2.62. The van der Waals surface area contributed by atoms with Crippen LogP contribution in [0.2, 0.25) is 0 Å². The Morgan fingerprint density at radius 2 is 1.45 bits per heavy atom. The van der Waals surface area contributed by atoms with Crippen LogP contribution in [0.15, 0.2) is 48.5 Å². The molecule has 2 saturated carbocycles. The highest BCUT2D eigenvalue weighted by atomic mass is 16.5. The quantitative estimate of drug-likeness (QED) is 0.250. The number of ether oxygens (including phenoxy) is 1. The van der Waals surface area contributed by atoms with Gasteiger partial charge < -0.3 is 4.74 Å². The molecule has 0 aliphatic heterocycles. The summed E-state index contributed by atoms with van der Waals surface area (Å²) >= 11 is 0. The normalized spacial score (nSPS) is 27.6. The third-order valence-electron chi connectivity index (χ3n) is 8.15. The number of rotatable bonds is 4. The van der Waals surface area contributed by atoms with Gasteiger partial charge in [-0.15, -0.1) is 0 Å². The summed E-state index contributed by atoms with van der Waals surface area (Å²) in [6.45, 7) is 11.2. The fraction of sp³-hybridized carbons (Fsp3) is 0.483. The molecular weight excluding hydrogens is 380 g/mol. The molecule has 31 heavy (non-hydrogen) atoms. The largest absolute Gasteiger partial charge is 0.427 e. The number of hydrogen-bond donors (Lipinski definition) is 0. The summed E-state index contributed by atoms with van der Waals surface area (Å²) in [6.07, 6.45) is 2.77. The van der Waals surface area contributed by atoms with Crippen molar-refractivity contribution in [3.05, 3.63) is 54.1 Å². The molecule has 2 aliphatic rings. The summed E-state index contributed by atoms with van der Waals surface area (Å²) in [5, 5.41) is 4.86. The van der Waals surface area contributed by atoms with Crippen molar-refractivity contribution in [3.8, 4) is 5.75 Å². The second-order valence-electron chi connectivity index (χ2n) is 10.7. The van der Waals surface area contributed by atoms with E-state index in [0.717, 1.165) is 40.9 Å². The summed E-state index contributed by atoms with van der Waals surface area (Å²) in [5.41, 5.74) is 1.52. The lowest BCUT2D eigenvalue weighted by Gasteiger charge is -2.40. The second-order valence-corrected chi connectivity index (χ2v) is 10.7. The Hall–Kier alpha value is -2.35. The molecule has 5 rings (SSSR count). The van der Waals surface area contributed by atoms with E-state index in [1.165, 1.54) is 41.5 Å². The Labute approximate surface area is 186 Å². The summed E-state index contributed by atoms with van der Waals surface area (Å²) in [7, 11) is 0. The number of hydrogen-bond acceptors (Lipinski definition) is 2. The fourth-order valence-corrected chi connectivity index (χ4v) is 7.22. The molecule has 0 saturated heterocycles. The number of benzene rings is 3. The maximum Gasteiger partial charge on any atom is 0.308 e. The molecule has 0 radical (unpaired) electrons. The van der Waals surface area contributed by atoms with Gasteiger partial charge in [-0.05, 0) is 106 Å². The van der Waals surface area contributed by atoms with Crippen molar-refractivity contribution in [1.29, 1.82) is 0 Å². The first-order valence-electron chi connectivity index (χ1n) is 12.0. The van der Waals surface area contributed by atoms with Gasteiger partial charge in [0.05, 0.1) is 0 Å². The molecule has 2 nitrogen and oxygen atoms in total. The van der Waals surface area contributed by atoms with Gasteiger partial charge in [-0.1, -0.05) is 52.0 Å². The first kappa shape index (κ1) is 20.5. The standard InChI is InChI=1S/C29H34O2/c1-16(2)28-24-14-26(27(15-24)29(28)17(3)4)21-7-6-19-10-20-8-9-25(31-18(5)30)13-23(20)12-22(19)11-21/h6-13,16-17,24,26-29H,14-15H2,1-5H3. The Morgan fingerprint density at radius 3 is 2.13 bits per heavy atom. The average molecular weight is 415 g/mol. The van der Waals surface area contributed by atoms with Gasteiger partial charge in [-0.3, -0.25) is 4.79 Å². The fourth-order valence-electron chi connectivity index (χ4n) is 7.22. The summed E-state index contributed by atoms with van der Waals surface area (Å²) < 4.78 is 5.30. The zero-order valence-electron chi connectivity index (χ0n) is 19.4. The SMILES string of the molecule is CC(=O)Oc1ccc2cc3ccc(C4CC5CC4C(C(C)C)C5C(C)C)cc3cc2c1. The van der Waals surface area contributed by atoms with Gasteiger partial charge >= 0.3 is 5.97 Å². The third-order valence-corrected chi connectivity index (χ3v) is 8.15. The summed E-state index contributed by atoms with van der Waals surface area (Å²) in [6, 6.07) is 17.5. The van der Waals surface area contributed by atoms with Gasteiger partial charge in [-0.2, -0.15) is 0 Å². The number of fused-ring (bicyclic) bond motifs is 4. The molecule has 0 amide bonds. The molecule has 5 unspecified atom stereocenters. The van der Waals surface area contributed by atoms with Gasteiger partial charge in [0.15, 0.2) is 0 Å². The van der Waals surface area contributed by atoms with E-state index in [2.05, 4.69) is 58.0 Å². The van der Waals surface area contributed by atoms with Crippen LogP contribution in [0.4, 0.5) is 0 Å². The number of esters is 1. The van der Waals surface area contributed by atoms with E-state index in [1.54, 1.807) is 0 Å². The average Bonchev–Trinajstić information content (AvgIpc) is 3.30. The Kier molecular flexibility index (Phi) is 5.07. The maximum atomic E-state index is 11.3. The van der Waals surface area contributed by atoms with E-state index >= 15 is 0 Å². The highest BCUT2D eigenvalue weighted by Gasteiger charge is 2.54. The topological polar surface area (TPSA) is 26.3 Å². The second kappa shape index (κ2) is 7.65. The minimum atomic E-state index is -0.280. The van der Waals surface area contributed by atoms with Gasteiger partial charge in [0.25, 0.3) is 0 Å². The molecule has 0 aromatic heterocycles. The first-order valence-corrected chi connectivity index (χ1v) is 12.0. The lowest BCUT2D eigenvalue weighted by atomic mass is 9.64. The zero-order valence-corrected chi connectivity index (χ0v) is 19.4. The van der Waals surface area contributed by atoms with Crippen molar-refractivity contribution >= 4 is 27.5 Å². The molecule has 0 heterocycles. The van der Waals surface area contributed by atoms with Gasteiger partial charge in [0, 0.05) is 6.92 Å². The minimum absolute atomic E-state index is 0.280. The molecule has 2 heteroatoms. The molecule has 2 aliphatic carbocycles. The lowest BCUT2D eigenvalue weighted by molar-refractivity contribution is -0.131. The predicted molar refractivity (Wildman–Crippen MR) is 128 cm³/mol. The number of carbonyl (C=O) groups excluding carboxylic acids is 1. The summed E-state index contributed by atoms with van der Waals surface area (Å²) in [4.78, 5) is 11.3. The summed E-state index contributed by atoms with van der Waals surface area (Å²) in [5.74, 6) is 6.03. The predicted octanol–water partition coefficient (Wildman–Crippen LogP) is 7.59. The van der Waals surface area contributed by atoms with Gasteiger partial charge in [0.2, 0.25) is 0 Å². The van der Waals surface area contributed by atoms with Crippen LogP contribution in [0.3, 0.4) is 0 Å². The van der Waals surface area contributed by atoms with E-state index in [9.17, 15) is 4.79 Å². The zero-order chi connectivity index (χ0) is 21.9. The van der Waals surface area contributed by atoms with E-state index in [1.807, 2.05) is 18.2 Å². The minimum Gasteiger partial charge on any atom is -0.427 e. The van der Waals surface area contributed by atoms with Crippen LogP contribution in [0.25, 0.3) is 21.5 Å². The van der Waals surface area contributed by atoms with Crippen LogP contribution in [-0.2, 0) is 4.79 Å². The van der Waals surface area contributed by atoms with Crippen molar-refractivity contribution in [2.45, 2.75) is 53.4 Å². The van der Waals surface area contributed by atoms with Crippen molar-refractivity contribution in [3.63, 3.8) is 0 Å². The Morgan fingerprint density at radius 1 is 0.806 bits per heavy atom. The van der Waals surface area contributed by atoms with Gasteiger partial charge in [-0.25, -0.2) is 0 Å². The van der Waals surface area contributed by atoms with E-state index in [4.69, 9.17) is 4.74 Å². The van der Waals surface area contributed by atoms with Crippen LogP contribution in [0.1, 0.15) is 58.9 Å². The number of carbonyl (C=O) groups is 1. The highest BCUT2D eigenvalue weighted by molar-refractivity contribution is 5.99. The van der Waals surface area contributed by atoms with Crippen molar-refractivity contribution in [2.75, 3.05) is 0 Å². The van der Waals surface area contributed by atoms with Crippen LogP contribution >= 0.6 is 0 Å². The van der Waals surface area contributed by atoms with Crippen LogP contribution in [0, 0.1) is 35.5 Å². The van der Waals surface area contributed by atoms with Crippen LogP contribution in [0.5, 0.6) is 5.75 Å². The lowest BCUT2D eigenvalue weighted by Crippen LogP contribution is -2.33. The monoisotopic (exact) mass is 414 g/mol. The molecule has 162 valence electrons. The molecule has 3 aromatic rings. The van der Waals surface area contributed by atoms with Crippen LogP contribution < -0.4 is 4.74 Å². The van der Waals surface area contributed by atoms with E-state index < -0.39 is 0 Å². The Bertz CT molecular complexity index is 1140. The Balaban J connectivity index is 1.51. The van der Waals surface area contributed by atoms with Crippen molar-refractivity contribution in [1.82, 2.24) is 0 Å². The molecule has 5 atom stereocenters. The van der Waals surface area contributed by atoms with Crippen molar-refractivity contribution in [2.24, 2.45) is 35.5 Å². The molecule has 3 aromatic carbocycles. The van der Waals surface area contributed by atoms with Crippen molar-refractivity contribution < 1.29 is 9.53 Å². The van der Waals surface area contributed by atoms with E-state index in [0.29, 0.717) is 11.7 Å². The molecule has 0 N–H and O–H groups in total. The molecule has 2 bridgehead atoms. The first-order chi connectivity index (χ1) is 14.8. The smallest absolute Gasteiger partial charge is 0.308 e. The van der Waals surface area contributed by atoms with Crippen LogP contribution in [-0.4, -0.2) is 5.97 Å². The molecule has 2 fully saturated rings. The molecule has 0 spiro atoms. The van der Waals surface area contributed by atoms with E-state index in [-0.39, 0.29) is 5.97 Å². The molecular formula is C29H34O2. The maximum absolute atomic E-state index is 11.3.